The Morgan fingerprint density at radius 3 is 0.781 bits per heavy atom. The van der Waals surface area contributed by atoms with Crippen LogP contribution in [0.15, 0.2) is 160 Å². The van der Waals surface area contributed by atoms with E-state index in [1.807, 2.05) is 18.2 Å². The molecule has 3 amide bonds. The van der Waals surface area contributed by atoms with Gasteiger partial charge in [-0.1, -0.05) is 92.1 Å². The van der Waals surface area contributed by atoms with E-state index in [2.05, 4.69) is 99.4 Å². The van der Waals surface area contributed by atoms with Crippen LogP contribution in [0.4, 0.5) is 0 Å². The zero-order chi connectivity index (χ0) is 89.5. The highest BCUT2D eigenvalue weighted by molar-refractivity contribution is 7.90. The van der Waals surface area contributed by atoms with Crippen molar-refractivity contribution in [3.8, 4) is 17.2 Å². The second kappa shape index (κ2) is 52.5. The lowest BCUT2D eigenvalue weighted by Gasteiger charge is -2.35. The van der Waals surface area contributed by atoms with Crippen LogP contribution in [0, 0.1) is 0 Å². The minimum absolute atomic E-state index is 0.0299. The second-order valence-electron chi connectivity index (χ2n) is 33.3. The fourth-order valence-electron chi connectivity index (χ4n) is 17.4. The Bertz CT molecular complexity index is 4220. The Balaban J connectivity index is 0.485. The summed E-state index contributed by atoms with van der Waals surface area (Å²) in [5.41, 5.74) is 13.3. The topological polar surface area (TPSA) is 372 Å². The van der Waals surface area contributed by atoms with Crippen LogP contribution in [0.25, 0.3) is 0 Å². The first kappa shape index (κ1) is 99.4. The summed E-state index contributed by atoms with van der Waals surface area (Å²) >= 11 is 0. The van der Waals surface area contributed by atoms with Crippen molar-refractivity contribution < 1.29 is 96.5 Å². The lowest BCUT2D eigenvalue weighted by molar-refractivity contribution is -0.121. The van der Waals surface area contributed by atoms with Crippen molar-refractivity contribution in [3.63, 3.8) is 0 Å². The van der Waals surface area contributed by atoms with E-state index in [1.165, 1.54) is 91.2 Å². The monoisotopic (exact) mass is 1830 g/mol. The third-order valence-corrected chi connectivity index (χ3v) is 28.7. The van der Waals surface area contributed by atoms with Crippen molar-refractivity contribution in [1.29, 1.82) is 0 Å². The average Bonchev–Trinajstić information content (AvgIpc) is 1.64. The number of nitrogens with one attached hydrogen (secondary N) is 6. The maximum Gasteiger partial charge on any atom is 0.240 e. The fourth-order valence-corrected chi connectivity index (χ4v) is 20.5. The second-order valence-corrected chi connectivity index (χ2v) is 38.6. The Labute approximate surface area is 756 Å². The van der Waals surface area contributed by atoms with Gasteiger partial charge in [0.25, 0.3) is 0 Å². The highest BCUT2D eigenvalue weighted by Crippen LogP contribution is 2.43. The molecule has 3 heterocycles. The summed E-state index contributed by atoms with van der Waals surface area (Å²) < 4.78 is 157. The number of carbonyl (C=O) groups excluding carboxylic acids is 3. The standard InChI is InChI=1S/C94H134N10O21S3/c95-94(37-34-88(105)96-40-52-114-58-64-120-67-61-117-55-43-99-126(108,109)79-28-22-76(23-29-79)123-91-82-19-7-4-16-73(82)70-85(91)102-46-10-1-11-47-102,38-35-89(106)97-41-53-115-59-65-121-68-62-118-56-44-100-127(110,111)80-30-24-77(25-31-80)124-92-83-20-8-5-17-74(83)71-86(92)103-48-12-2-13-49-103)39-36-90(107)98-42-54-116-60-66-122-69-63-119-57-45-101-128(112,113)81-32-26-78(27-33-81)125-93-84-21-9-6-18-75(84)72-87(93)104-50-14-3-15-51-104/h4-9,16-33,85-87,91-93,99-101H,1-3,10-15,34-72,95H2,(H,96,105)(H,97,106)(H,98,107)/t85-,86-,87?,91-,92-,93-/m0/s1. The van der Waals surface area contributed by atoms with Gasteiger partial charge in [0.05, 0.1) is 152 Å². The molecule has 6 aromatic carbocycles. The minimum atomic E-state index is -3.79. The first-order valence-electron chi connectivity index (χ1n) is 45.9. The van der Waals surface area contributed by atoms with Gasteiger partial charge in [-0.25, -0.2) is 39.4 Å². The van der Waals surface area contributed by atoms with Crippen LogP contribution >= 0.6 is 0 Å². The molecule has 128 heavy (non-hydrogen) atoms. The number of sulfonamides is 3. The van der Waals surface area contributed by atoms with Gasteiger partial charge in [-0.15, -0.1) is 0 Å². The van der Waals surface area contributed by atoms with Crippen LogP contribution in [0.3, 0.4) is 0 Å². The zero-order valence-electron chi connectivity index (χ0n) is 74.0. The molecule has 0 radical (unpaired) electrons. The van der Waals surface area contributed by atoms with Gasteiger partial charge in [-0.05, 0) is 222 Å². The summed E-state index contributed by atoms with van der Waals surface area (Å²) in [5, 5.41) is 8.55. The van der Waals surface area contributed by atoms with Crippen molar-refractivity contribution in [2.45, 2.75) is 172 Å². The number of rotatable bonds is 60. The summed E-state index contributed by atoms with van der Waals surface area (Å²) in [7, 11) is -11.4. The fraction of sp³-hybridized carbons (Fsp3) is 0.585. The molecule has 0 spiro atoms. The molecule has 3 saturated heterocycles. The summed E-state index contributed by atoms with van der Waals surface area (Å²) in [5.74, 6) is 1.02. The van der Waals surface area contributed by atoms with Crippen molar-refractivity contribution in [2.24, 2.45) is 5.73 Å². The quantitative estimate of drug-likeness (QED) is 0.0177. The van der Waals surface area contributed by atoms with Gasteiger partial charge in [0.2, 0.25) is 47.8 Å². The molecule has 704 valence electrons. The number of hydrogen-bond donors (Lipinski definition) is 7. The SMILES string of the molecule is NC(CCC(=O)NCCOCCOCCOCCNS(=O)(=O)c1ccc(O[C@H]2c3ccccc3CC2N2CCCCC2)cc1)(CCC(=O)NCCOCCOCCOCCNS(=O)(=O)c1ccc(O[C@H]2c3ccccc3C[C@@H]2N2CCCCC2)cc1)CCC(=O)NCCOCCOCCOCCNS(=O)(=O)c1ccc(O[C@H]2c3ccccc3C[C@@H]2N2CCCCC2)cc1. The highest BCUT2D eigenvalue weighted by atomic mass is 32.2. The van der Waals surface area contributed by atoms with Gasteiger partial charge in [0.1, 0.15) is 35.6 Å². The number of ether oxygens (including phenoxy) is 12. The number of nitrogens with two attached hydrogens (primary N) is 1. The van der Waals surface area contributed by atoms with Gasteiger partial charge in [0.15, 0.2) is 0 Å². The maximum absolute atomic E-state index is 13.2. The Hall–Kier alpha value is -7.66. The summed E-state index contributed by atoms with van der Waals surface area (Å²) in [6.07, 6.45) is 13.8. The van der Waals surface area contributed by atoms with E-state index < -0.39 is 35.6 Å². The molecule has 0 bridgehead atoms. The number of piperidine rings is 3. The van der Waals surface area contributed by atoms with Crippen LogP contribution in [0.5, 0.6) is 17.2 Å². The predicted octanol–water partition coefficient (Wildman–Crippen LogP) is 8.05. The van der Waals surface area contributed by atoms with E-state index in [0.717, 1.165) is 58.5 Å². The predicted molar refractivity (Wildman–Crippen MR) is 484 cm³/mol. The van der Waals surface area contributed by atoms with Gasteiger partial charge >= 0.3 is 0 Å². The molecule has 3 fully saturated rings. The van der Waals surface area contributed by atoms with Crippen molar-refractivity contribution in [2.75, 3.05) is 197 Å². The number of amides is 3. The van der Waals surface area contributed by atoms with Gasteiger partial charge in [0, 0.05) is 64.1 Å². The normalized spacial score (nSPS) is 19.3. The van der Waals surface area contributed by atoms with E-state index in [-0.39, 0.29) is 266 Å². The average molecular weight is 1840 g/mol. The third kappa shape index (κ3) is 31.8. The Morgan fingerprint density at radius 2 is 0.531 bits per heavy atom. The molecule has 8 N–H and O–H groups in total. The summed E-state index contributed by atoms with van der Waals surface area (Å²) in [4.78, 5) is 47.5. The van der Waals surface area contributed by atoms with E-state index in [4.69, 9.17) is 62.6 Å². The summed E-state index contributed by atoms with van der Waals surface area (Å²) in [6.45, 7) is 11.3. The molecule has 0 saturated carbocycles. The zero-order valence-corrected chi connectivity index (χ0v) is 76.4. The van der Waals surface area contributed by atoms with Crippen LogP contribution in [-0.2, 0) is 106 Å². The van der Waals surface area contributed by atoms with Crippen molar-refractivity contribution in [3.05, 3.63) is 179 Å². The minimum Gasteiger partial charge on any atom is -0.484 e. The lowest BCUT2D eigenvalue weighted by Crippen LogP contribution is -2.44. The molecular formula is C94H134N10O21S3. The largest absolute Gasteiger partial charge is 0.484 e. The van der Waals surface area contributed by atoms with E-state index in [0.29, 0.717) is 17.2 Å². The van der Waals surface area contributed by atoms with E-state index >= 15 is 0 Å². The lowest BCUT2D eigenvalue weighted by atomic mass is 9.84. The molecule has 34 heteroatoms. The smallest absolute Gasteiger partial charge is 0.240 e. The molecule has 1 unspecified atom stereocenters. The molecule has 3 aliphatic carbocycles. The Kier molecular flexibility index (Phi) is 40.8. The number of carbonyl (C=O) groups is 3. The number of likely N-dealkylation sites (tertiary alicyclic amines) is 3. The molecule has 12 rings (SSSR count). The van der Waals surface area contributed by atoms with Crippen LogP contribution < -0.4 is 50.1 Å². The van der Waals surface area contributed by atoms with Gasteiger partial charge in [-0.2, -0.15) is 0 Å². The summed E-state index contributed by atoms with van der Waals surface area (Å²) in [6, 6.07) is 45.6. The number of hydrogen-bond acceptors (Lipinski definition) is 25. The van der Waals surface area contributed by atoms with Crippen LogP contribution in [0.2, 0.25) is 0 Å². The molecule has 31 nitrogen and oxygen atoms in total. The van der Waals surface area contributed by atoms with Crippen LogP contribution in [-0.4, -0.2) is 279 Å². The first-order chi connectivity index (χ1) is 62.4. The maximum atomic E-state index is 13.2. The molecule has 0 aromatic heterocycles. The number of nitrogens with zero attached hydrogens (tertiary/aromatic N) is 3. The molecule has 6 aromatic rings. The Morgan fingerprint density at radius 1 is 0.305 bits per heavy atom. The number of fused-ring (bicyclic) bond motifs is 3. The van der Waals surface area contributed by atoms with Gasteiger partial charge in [-0.3, -0.25) is 29.1 Å². The van der Waals surface area contributed by atoms with Gasteiger partial charge < -0.3 is 78.5 Å². The molecule has 3 aliphatic heterocycles. The highest BCUT2D eigenvalue weighted by Gasteiger charge is 2.42. The van der Waals surface area contributed by atoms with E-state index in [9.17, 15) is 39.6 Å². The number of benzene rings is 6. The molecular weight excluding hydrogens is 1700 g/mol. The molecule has 6 atom stereocenters. The van der Waals surface area contributed by atoms with Crippen LogP contribution in [0.1, 0.15) is 148 Å². The van der Waals surface area contributed by atoms with Crippen molar-refractivity contribution >= 4 is 47.8 Å². The van der Waals surface area contributed by atoms with Crippen molar-refractivity contribution in [1.82, 2.24) is 44.8 Å². The van der Waals surface area contributed by atoms with E-state index in [1.54, 1.807) is 72.8 Å². The first-order valence-corrected chi connectivity index (χ1v) is 50.4. The third-order valence-electron chi connectivity index (χ3n) is 24.3. The molecule has 6 aliphatic rings.